The lowest BCUT2D eigenvalue weighted by molar-refractivity contribution is 0.471. The summed E-state index contributed by atoms with van der Waals surface area (Å²) >= 11 is 0. The number of para-hydroxylation sites is 2. The minimum atomic E-state index is 0.648. The molecule has 0 amide bonds. The van der Waals surface area contributed by atoms with E-state index < -0.39 is 0 Å². The maximum absolute atomic E-state index is 6.04. The molecule has 2 aromatic carbocycles. The van der Waals surface area contributed by atoms with Crippen molar-refractivity contribution in [3.8, 4) is 11.5 Å². The SMILES string of the molecule is CN=C(NC)NCc1ccccc1Oc1ccccc1C. The van der Waals surface area contributed by atoms with Crippen LogP contribution in [0.1, 0.15) is 11.1 Å². The van der Waals surface area contributed by atoms with E-state index in [1.807, 2.05) is 62.5 Å². The number of nitrogens with zero attached hydrogens (tertiary/aromatic N) is 1. The normalized spacial score (nSPS) is 11.1. The summed E-state index contributed by atoms with van der Waals surface area (Å²) < 4.78 is 6.04. The van der Waals surface area contributed by atoms with Crippen LogP contribution < -0.4 is 15.4 Å². The Morgan fingerprint density at radius 2 is 1.71 bits per heavy atom. The molecule has 2 rings (SSSR count). The molecule has 4 heteroatoms. The highest BCUT2D eigenvalue weighted by Gasteiger charge is 2.06. The summed E-state index contributed by atoms with van der Waals surface area (Å²) in [6.07, 6.45) is 0. The van der Waals surface area contributed by atoms with Crippen LogP contribution in [0.15, 0.2) is 53.5 Å². The Kier molecular flexibility index (Phi) is 5.21. The first-order valence-electron chi connectivity index (χ1n) is 6.94. The van der Waals surface area contributed by atoms with Crippen LogP contribution in [0.2, 0.25) is 0 Å². The maximum Gasteiger partial charge on any atom is 0.190 e. The second-order valence-electron chi connectivity index (χ2n) is 4.65. The Hall–Kier alpha value is -2.49. The Balaban J connectivity index is 2.15. The molecule has 0 aliphatic heterocycles. The maximum atomic E-state index is 6.04. The molecular formula is C17H21N3O. The summed E-state index contributed by atoms with van der Waals surface area (Å²) in [5.74, 6) is 2.48. The van der Waals surface area contributed by atoms with E-state index in [2.05, 4.69) is 15.6 Å². The van der Waals surface area contributed by atoms with Gasteiger partial charge in [0.2, 0.25) is 0 Å². The van der Waals surface area contributed by atoms with E-state index in [1.54, 1.807) is 7.05 Å². The molecule has 4 nitrogen and oxygen atoms in total. The van der Waals surface area contributed by atoms with Crippen molar-refractivity contribution in [2.45, 2.75) is 13.5 Å². The number of guanidine groups is 1. The predicted octanol–water partition coefficient (Wildman–Crippen LogP) is 3.08. The molecule has 0 aliphatic carbocycles. The molecule has 2 N–H and O–H groups in total. The molecule has 0 heterocycles. The summed E-state index contributed by atoms with van der Waals surface area (Å²) in [5.41, 5.74) is 2.20. The molecule has 0 radical (unpaired) electrons. The molecule has 0 bridgehead atoms. The molecule has 0 unspecified atom stereocenters. The van der Waals surface area contributed by atoms with Crippen LogP contribution in [0.5, 0.6) is 11.5 Å². The minimum absolute atomic E-state index is 0.648. The van der Waals surface area contributed by atoms with Crippen LogP contribution in [0.25, 0.3) is 0 Å². The van der Waals surface area contributed by atoms with E-state index in [0.717, 1.165) is 28.6 Å². The van der Waals surface area contributed by atoms with Gasteiger partial charge < -0.3 is 15.4 Å². The van der Waals surface area contributed by atoms with Gasteiger partial charge in [-0.25, -0.2) is 0 Å². The van der Waals surface area contributed by atoms with Crippen molar-refractivity contribution in [2.24, 2.45) is 4.99 Å². The van der Waals surface area contributed by atoms with Crippen molar-refractivity contribution in [3.63, 3.8) is 0 Å². The number of nitrogens with one attached hydrogen (secondary N) is 2. The van der Waals surface area contributed by atoms with Crippen molar-refractivity contribution in [1.82, 2.24) is 10.6 Å². The summed E-state index contributed by atoms with van der Waals surface area (Å²) in [6.45, 7) is 2.69. The fourth-order valence-corrected chi connectivity index (χ4v) is 2.00. The molecule has 0 fully saturated rings. The number of ether oxygens (including phenoxy) is 1. The largest absolute Gasteiger partial charge is 0.457 e. The first kappa shape index (κ1) is 14.9. The number of hydrogen-bond acceptors (Lipinski definition) is 2. The topological polar surface area (TPSA) is 45.7 Å². The van der Waals surface area contributed by atoms with E-state index in [4.69, 9.17) is 4.74 Å². The van der Waals surface area contributed by atoms with Crippen LogP contribution in [0.4, 0.5) is 0 Å². The van der Waals surface area contributed by atoms with E-state index in [-0.39, 0.29) is 0 Å². The number of benzene rings is 2. The van der Waals surface area contributed by atoms with Gasteiger partial charge in [-0.1, -0.05) is 36.4 Å². The highest BCUT2D eigenvalue weighted by atomic mass is 16.5. The molecule has 0 aliphatic rings. The van der Waals surface area contributed by atoms with Gasteiger partial charge in [0.1, 0.15) is 11.5 Å². The average molecular weight is 283 g/mol. The second-order valence-corrected chi connectivity index (χ2v) is 4.65. The lowest BCUT2D eigenvalue weighted by atomic mass is 10.2. The molecular weight excluding hydrogens is 262 g/mol. The number of aliphatic imine (C=N–C) groups is 1. The van der Waals surface area contributed by atoms with Gasteiger partial charge in [0.25, 0.3) is 0 Å². The summed E-state index contributed by atoms with van der Waals surface area (Å²) in [4.78, 5) is 4.10. The third kappa shape index (κ3) is 3.99. The molecule has 110 valence electrons. The quantitative estimate of drug-likeness (QED) is 0.669. The van der Waals surface area contributed by atoms with Crippen molar-refractivity contribution >= 4 is 5.96 Å². The van der Waals surface area contributed by atoms with Crippen molar-refractivity contribution in [2.75, 3.05) is 14.1 Å². The summed E-state index contributed by atoms with van der Waals surface area (Å²) in [6, 6.07) is 16.0. The Bertz CT molecular complexity index is 623. The van der Waals surface area contributed by atoms with Gasteiger partial charge in [-0.05, 0) is 24.6 Å². The van der Waals surface area contributed by atoms with E-state index in [0.29, 0.717) is 6.54 Å². The zero-order valence-corrected chi connectivity index (χ0v) is 12.7. The molecule has 2 aromatic rings. The summed E-state index contributed by atoms with van der Waals surface area (Å²) in [7, 11) is 3.58. The predicted molar refractivity (Wildman–Crippen MR) is 87.0 cm³/mol. The van der Waals surface area contributed by atoms with Gasteiger partial charge in [-0.3, -0.25) is 4.99 Å². The Morgan fingerprint density at radius 1 is 1.05 bits per heavy atom. The lowest BCUT2D eigenvalue weighted by Crippen LogP contribution is -2.34. The third-order valence-electron chi connectivity index (χ3n) is 3.19. The average Bonchev–Trinajstić information content (AvgIpc) is 2.52. The van der Waals surface area contributed by atoms with Crippen LogP contribution in [-0.4, -0.2) is 20.1 Å². The highest BCUT2D eigenvalue weighted by Crippen LogP contribution is 2.27. The number of hydrogen-bond donors (Lipinski definition) is 2. The molecule has 21 heavy (non-hydrogen) atoms. The highest BCUT2D eigenvalue weighted by molar-refractivity contribution is 5.79. The first-order valence-corrected chi connectivity index (χ1v) is 6.94. The van der Waals surface area contributed by atoms with Gasteiger partial charge in [0.15, 0.2) is 5.96 Å². The van der Waals surface area contributed by atoms with E-state index >= 15 is 0 Å². The zero-order chi connectivity index (χ0) is 15.1. The number of aryl methyl sites for hydroxylation is 1. The summed E-state index contributed by atoms with van der Waals surface area (Å²) in [5, 5.41) is 6.23. The van der Waals surface area contributed by atoms with Crippen LogP contribution >= 0.6 is 0 Å². The van der Waals surface area contributed by atoms with Crippen LogP contribution in [0.3, 0.4) is 0 Å². The lowest BCUT2D eigenvalue weighted by Gasteiger charge is -2.14. The standard InChI is InChI=1S/C17H21N3O/c1-13-8-4-6-10-15(13)21-16-11-7-5-9-14(16)12-20-17(18-2)19-3/h4-11H,12H2,1-3H3,(H2,18,19,20). The van der Waals surface area contributed by atoms with Crippen LogP contribution in [-0.2, 0) is 6.54 Å². The van der Waals surface area contributed by atoms with E-state index in [9.17, 15) is 0 Å². The van der Waals surface area contributed by atoms with Gasteiger partial charge in [-0.2, -0.15) is 0 Å². The molecule has 0 spiro atoms. The van der Waals surface area contributed by atoms with Crippen molar-refractivity contribution in [1.29, 1.82) is 0 Å². The molecule has 0 aromatic heterocycles. The van der Waals surface area contributed by atoms with Gasteiger partial charge in [0, 0.05) is 26.2 Å². The van der Waals surface area contributed by atoms with Crippen molar-refractivity contribution in [3.05, 3.63) is 59.7 Å². The third-order valence-corrected chi connectivity index (χ3v) is 3.19. The molecule has 0 atom stereocenters. The van der Waals surface area contributed by atoms with Gasteiger partial charge in [0.05, 0.1) is 0 Å². The van der Waals surface area contributed by atoms with Gasteiger partial charge in [-0.15, -0.1) is 0 Å². The smallest absolute Gasteiger partial charge is 0.190 e. The Labute approximate surface area is 125 Å². The Morgan fingerprint density at radius 3 is 2.38 bits per heavy atom. The molecule has 0 saturated heterocycles. The second kappa shape index (κ2) is 7.33. The van der Waals surface area contributed by atoms with Gasteiger partial charge >= 0.3 is 0 Å². The number of rotatable bonds is 4. The first-order chi connectivity index (χ1) is 10.2. The van der Waals surface area contributed by atoms with E-state index in [1.165, 1.54) is 0 Å². The monoisotopic (exact) mass is 283 g/mol. The minimum Gasteiger partial charge on any atom is -0.457 e. The zero-order valence-electron chi connectivity index (χ0n) is 12.7. The molecule has 0 saturated carbocycles. The fraction of sp³-hybridized carbons (Fsp3) is 0.235. The van der Waals surface area contributed by atoms with Crippen molar-refractivity contribution < 1.29 is 4.74 Å². The fourth-order valence-electron chi connectivity index (χ4n) is 2.00. The van der Waals surface area contributed by atoms with Crippen LogP contribution in [0, 0.1) is 6.92 Å².